The molecule has 0 atom stereocenters. The van der Waals surface area contributed by atoms with Gasteiger partial charge in [-0.3, -0.25) is 0 Å². The number of hydrogen-bond donors (Lipinski definition) is 0. The van der Waals surface area contributed by atoms with Crippen molar-refractivity contribution >= 4 is 11.6 Å². The first kappa shape index (κ1) is 12.0. The Labute approximate surface area is 101 Å². The number of imidazole rings is 1. The van der Waals surface area contributed by atoms with Crippen molar-refractivity contribution in [2.24, 2.45) is 0 Å². The molecule has 1 aromatic carbocycles. The molecule has 2 aromatic rings. The molecule has 0 aliphatic rings. The first-order valence-corrected chi connectivity index (χ1v) is 5.13. The van der Waals surface area contributed by atoms with Crippen LogP contribution >= 0.6 is 11.6 Å². The highest BCUT2D eigenvalue weighted by atomic mass is 35.5. The molecule has 0 aliphatic carbocycles. The Morgan fingerprint density at radius 3 is 2.53 bits per heavy atom. The summed E-state index contributed by atoms with van der Waals surface area (Å²) in [6.07, 6.45) is -1.36. The molecule has 0 bridgehead atoms. The molecule has 0 radical (unpaired) electrons. The van der Waals surface area contributed by atoms with Crippen LogP contribution in [0.25, 0.3) is 5.69 Å². The topological polar surface area (TPSA) is 17.8 Å². The third-order valence-corrected chi connectivity index (χ3v) is 2.59. The number of nitrogens with zero attached hydrogens (tertiary/aromatic N) is 2. The molecule has 0 unspecified atom stereocenters. The fraction of sp³-hybridized carbons (Fsp3) is 0.182. The Morgan fingerprint density at radius 1 is 1.29 bits per heavy atom. The van der Waals surface area contributed by atoms with E-state index < -0.39 is 11.7 Å². The number of aromatic nitrogens is 2. The fourth-order valence-electron chi connectivity index (χ4n) is 1.45. The minimum Gasteiger partial charge on any atom is -0.306 e. The zero-order valence-corrected chi connectivity index (χ0v) is 9.55. The van der Waals surface area contributed by atoms with Crippen molar-refractivity contribution in [2.45, 2.75) is 13.1 Å². The molecule has 0 aliphatic heterocycles. The van der Waals surface area contributed by atoms with E-state index in [9.17, 15) is 13.2 Å². The molecule has 6 heteroatoms. The third-order valence-electron chi connectivity index (χ3n) is 2.27. The van der Waals surface area contributed by atoms with E-state index in [-0.39, 0.29) is 5.02 Å². The lowest BCUT2D eigenvalue weighted by molar-refractivity contribution is -0.137. The predicted octanol–water partition coefficient (Wildman–Crippen LogP) is 3.85. The normalized spacial score (nSPS) is 11.8. The van der Waals surface area contributed by atoms with Crippen molar-refractivity contribution in [1.82, 2.24) is 9.55 Å². The SMILES string of the molecule is Cc1cn(-c2ccc(Cl)c(C(F)(F)F)c2)cn1. The van der Waals surface area contributed by atoms with Gasteiger partial charge in [-0.05, 0) is 25.1 Å². The Kier molecular flexibility index (Phi) is 2.87. The summed E-state index contributed by atoms with van der Waals surface area (Å²) in [6.45, 7) is 1.76. The van der Waals surface area contributed by atoms with Gasteiger partial charge in [-0.15, -0.1) is 0 Å². The van der Waals surface area contributed by atoms with Gasteiger partial charge >= 0.3 is 6.18 Å². The van der Waals surface area contributed by atoms with Gasteiger partial charge in [0.1, 0.15) is 0 Å². The molecule has 1 aromatic heterocycles. The van der Waals surface area contributed by atoms with Gasteiger partial charge in [-0.1, -0.05) is 11.6 Å². The molecule has 2 rings (SSSR count). The number of benzene rings is 1. The highest BCUT2D eigenvalue weighted by Crippen LogP contribution is 2.35. The Hall–Kier alpha value is -1.49. The maximum absolute atomic E-state index is 12.6. The molecule has 17 heavy (non-hydrogen) atoms. The summed E-state index contributed by atoms with van der Waals surface area (Å²) in [4.78, 5) is 3.96. The molecular weight excluding hydrogens is 253 g/mol. The summed E-state index contributed by atoms with van der Waals surface area (Å²) in [7, 11) is 0. The van der Waals surface area contributed by atoms with Gasteiger partial charge < -0.3 is 4.57 Å². The van der Waals surface area contributed by atoms with Crippen LogP contribution in [-0.4, -0.2) is 9.55 Å². The number of halogens is 4. The van der Waals surface area contributed by atoms with E-state index in [1.165, 1.54) is 23.0 Å². The first-order chi connectivity index (χ1) is 7.88. The minimum atomic E-state index is -4.46. The van der Waals surface area contributed by atoms with Crippen LogP contribution in [0.5, 0.6) is 0 Å². The Balaban J connectivity index is 2.51. The van der Waals surface area contributed by atoms with Crippen molar-refractivity contribution in [3.8, 4) is 5.69 Å². The van der Waals surface area contributed by atoms with Crippen LogP contribution in [-0.2, 0) is 6.18 Å². The molecule has 1 heterocycles. The van der Waals surface area contributed by atoms with Crippen molar-refractivity contribution < 1.29 is 13.2 Å². The van der Waals surface area contributed by atoms with Gasteiger partial charge in [0, 0.05) is 11.9 Å². The van der Waals surface area contributed by atoms with Gasteiger partial charge in [0.15, 0.2) is 0 Å². The lowest BCUT2D eigenvalue weighted by Crippen LogP contribution is -2.07. The second kappa shape index (κ2) is 4.07. The summed E-state index contributed by atoms with van der Waals surface area (Å²) in [5.41, 5.74) is 0.263. The van der Waals surface area contributed by atoms with Gasteiger partial charge in [-0.2, -0.15) is 13.2 Å². The summed E-state index contributed by atoms with van der Waals surface area (Å²) < 4.78 is 39.4. The zero-order chi connectivity index (χ0) is 12.6. The summed E-state index contributed by atoms with van der Waals surface area (Å²) >= 11 is 5.53. The van der Waals surface area contributed by atoms with Gasteiger partial charge in [0.05, 0.1) is 22.6 Å². The standard InChI is InChI=1S/C11H8ClF3N2/c1-7-5-17(6-16-7)8-2-3-10(12)9(4-8)11(13,14)15/h2-6H,1H3. The summed E-state index contributed by atoms with van der Waals surface area (Å²) in [5, 5.41) is -0.307. The molecule has 2 nitrogen and oxygen atoms in total. The number of alkyl halides is 3. The molecule has 0 saturated heterocycles. The Morgan fingerprint density at radius 2 is 2.00 bits per heavy atom. The van der Waals surface area contributed by atoms with Crippen molar-refractivity contribution in [3.63, 3.8) is 0 Å². The van der Waals surface area contributed by atoms with Crippen molar-refractivity contribution in [1.29, 1.82) is 0 Å². The molecule has 0 amide bonds. The van der Waals surface area contributed by atoms with E-state index in [1.54, 1.807) is 13.1 Å². The highest BCUT2D eigenvalue weighted by molar-refractivity contribution is 6.31. The molecule has 0 saturated carbocycles. The largest absolute Gasteiger partial charge is 0.417 e. The monoisotopic (exact) mass is 260 g/mol. The number of aryl methyl sites for hydroxylation is 1. The van der Waals surface area contributed by atoms with E-state index in [0.29, 0.717) is 5.69 Å². The van der Waals surface area contributed by atoms with Crippen LogP contribution < -0.4 is 0 Å². The van der Waals surface area contributed by atoms with Crippen LogP contribution in [0.2, 0.25) is 5.02 Å². The van der Waals surface area contributed by atoms with Crippen LogP contribution in [0.4, 0.5) is 13.2 Å². The van der Waals surface area contributed by atoms with E-state index in [4.69, 9.17) is 11.6 Å². The molecule has 0 fully saturated rings. The molecule has 90 valence electrons. The maximum Gasteiger partial charge on any atom is 0.417 e. The van der Waals surface area contributed by atoms with Crippen molar-refractivity contribution in [3.05, 3.63) is 47.0 Å². The van der Waals surface area contributed by atoms with E-state index in [1.807, 2.05) is 0 Å². The summed E-state index contributed by atoms with van der Waals surface area (Å²) in [5.74, 6) is 0. The van der Waals surface area contributed by atoms with Crippen LogP contribution in [0.3, 0.4) is 0 Å². The smallest absolute Gasteiger partial charge is 0.306 e. The molecule has 0 spiro atoms. The maximum atomic E-state index is 12.6. The van der Waals surface area contributed by atoms with Crippen LogP contribution in [0.1, 0.15) is 11.3 Å². The minimum absolute atomic E-state index is 0.307. The van der Waals surface area contributed by atoms with Gasteiger partial charge in [-0.25, -0.2) is 4.98 Å². The van der Waals surface area contributed by atoms with Crippen LogP contribution in [0, 0.1) is 6.92 Å². The van der Waals surface area contributed by atoms with E-state index in [2.05, 4.69) is 4.98 Å². The third kappa shape index (κ3) is 2.44. The second-order valence-corrected chi connectivity index (χ2v) is 3.99. The number of hydrogen-bond acceptors (Lipinski definition) is 1. The van der Waals surface area contributed by atoms with Crippen molar-refractivity contribution in [2.75, 3.05) is 0 Å². The fourth-order valence-corrected chi connectivity index (χ4v) is 1.68. The lowest BCUT2D eigenvalue weighted by Gasteiger charge is -2.11. The van der Waals surface area contributed by atoms with Gasteiger partial charge in [0.2, 0.25) is 0 Å². The predicted molar refractivity (Wildman–Crippen MR) is 58.3 cm³/mol. The van der Waals surface area contributed by atoms with E-state index in [0.717, 1.165) is 11.8 Å². The first-order valence-electron chi connectivity index (χ1n) is 4.75. The average molecular weight is 261 g/mol. The highest BCUT2D eigenvalue weighted by Gasteiger charge is 2.33. The average Bonchev–Trinajstić information content (AvgIpc) is 2.64. The number of rotatable bonds is 1. The second-order valence-electron chi connectivity index (χ2n) is 3.58. The Bertz CT molecular complexity index is 546. The zero-order valence-electron chi connectivity index (χ0n) is 8.79. The molecule has 0 N–H and O–H groups in total. The van der Waals surface area contributed by atoms with E-state index >= 15 is 0 Å². The van der Waals surface area contributed by atoms with Gasteiger partial charge in [0.25, 0.3) is 0 Å². The summed E-state index contributed by atoms with van der Waals surface area (Å²) in [6, 6.07) is 3.75. The lowest BCUT2D eigenvalue weighted by atomic mass is 10.2. The quantitative estimate of drug-likeness (QED) is 0.761. The van der Waals surface area contributed by atoms with Crippen LogP contribution in [0.15, 0.2) is 30.7 Å². The molecular formula is C11H8ClF3N2.